The largest absolute Gasteiger partial charge is 0.508 e. The molecule has 0 radical (unpaired) electrons. The highest BCUT2D eigenvalue weighted by Gasteiger charge is 2.37. The minimum absolute atomic E-state index is 0.0159. The Hall–Kier alpha value is -5.08. The lowest BCUT2D eigenvalue weighted by atomic mass is 9.85. The van der Waals surface area contributed by atoms with E-state index in [1.807, 2.05) is 12.2 Å². The van der Waals surface area contributed by atoms with Crippen molar-refractivity contribution in [2.24, 2.45) is 17.8 Å². The summed E-state index contributed by atoms with van der Waals surface area (Å²) in [6.45, 7) is 8.71. The van der Waals surface area contributed by atoms with Crippen molar-refractivity contribution in [2.75, 3.05) is 13.6 Å². The number of carbonyl (C=O) groups excluding carboxylic acids is 6. The standard InChI is InChI=1S/C42H59N5O9/c1-26(2)37-40(53)44-34(25-30-16-12-17-31(49)24-30)41(54)47-23-13-18-33(46-47)42(55)56-35(27(3)15-11-20-36(50)43-6)19-10-8-7-9-14-28(4)38(51)32(39(52)45-37)22-21-29(5)48/h7-12,15-17,20,24,26,28,32-35,37-38,46,49,51H,13-14,18-19,21-23,25H2,1-6H3,(H,43,50)(H,44,53)(H,45,52)/t28-,32+,33?,34-,35-,37-,38+/m0/s1. The Balaban J connectivity index is 2.05. The number of aliphatic hydroxyl groups excluding tert-OH is 1. The summed E-state index contributed by atoms with van der Waals surface area (Å²) < 4.78 is 6.00. The molecule has 2 aliphatic heterocycles. The normalized spacial score (nSPS) is 26.5. The Morgan fingerprint density at radius 3 is 2.43 bits per heavy atom. The third-order valence-corrected chi connectivity index (χ3v) is 9.95. The Morgan fingerprint density at radius 1 is 1.05 bits per heavy atom. The molecule has 2 heterocycles. The molecule has 56 heavy (non-hydrogen) atoms. The van der Waals surface area contributed by atoms with E-state index in [-0.39, 0.29) is 43.2 Å². The van der Waals surface area contributed by atoms with Crippen LogP contribution in [0.15, 0.2) is 72.4 Å². The molecule has 0 aliphatic carbocycles. The molecule has 1 aromatic rings. The smallest absolute Gasteiger partial charge is 0.325 e. The van der Waals surface area contributed by atoms with Gasteiger partial charge >= 0.3 is 5.97 Å². The third-order valence-electron chi connectivity index (χ3n) is 9.95. The number of aromatic hydroxyl groups is 1. The van der Waals surface area contributed by atoms with Crippen LogP contribution in [0.3, 0.4) is 0 Å². The number of phenolic OH excluding ortho intramolecular Hbond substituents is 1. The van der Waals surface area contributed by atoms with Crippen molar-refractivity contribution in [3.05, 3.63) is 77.9 Å². The fourth-order valence-corrected chi connectivity index (χ4v) is 6.51. The molecule has 1 saturated heterocycles. The zero-order chi connectivity index (χ0) is 41.4. The van der Waals surface area contributed by atoms with Crippen molar-refractivity contribution < 1.29 is 43.7 Å². The monoisotopic (exact) mass is 777 g/mol. The summed E-state index contributed by atoms with van der Waals surface area (Å²) in [5, 5.41) is 31.0. The first-order valence-corrected chi connectivity index (χ1v) is 19.3. The van der Waals surface area contributed by atoms with E-state index in [1.54, 1.807) is 64.1 Å². The van der Waals surface area contributed by atoms with Crippen molar-refractivity contribution in [1.82, 2.24) is 26.4 Å². The maximum absolute atomic E-state index is 14.3. The lowest BCUT2D eigenvalue weighted by Crippen LogP contribution is -2.62. The molecule has 0 spiro atoms. The molecule has 0 aromatic heterocycles. The molecule has 1 unspecified atom stereocenters. The minimum atomic E-state index is -1.18. The van der Waals surface area contributed by atoms with Crippen LogP contribution >= 0.6 is 0 Å². The molecular weight excluding hydrogens is 718 g/mol. The summed E-state index contributed by atoms with van der Waals surface area (Å²) in [7, 11) is 1.52. The highest BCUT2D eigenvalue weighted by atomic mass is 16.5. The Bertz CT molecular complexity index is 1670. The number of ketones is 1. The second-order valence-corrected chi connectivity index (χ2v) is 14.9. The molecule has 3 rings (SSSR count). The third kappa shape index (κ3) is 14.2. The number of esters is 1. The molecular formula is C42H59N5O9. The van der Waals surface area contributed by atoms with Gasteiger partial charge < -0.3 is 35.7 Å². The van der Waals surface area contributed by atoms with Gasteiger partial charge in [-0.2, -0.15) is 0 Å². The quantitative estimate of drug-likeness (QED) is 0.123. The molecule has 14 heteroatoms. The molecule has 1 fully saturated rings. The number of nitrogens with one attached hydrogen (secondary N) is 4. The second-order valence-electron chi connectivity index (χ2n) is 14.9. The van der Waals surface area contributed by atoms with Crippen LogP contribution in [0.5, 0.6) is 5.75 Å². The van der Waals surface area contributed by atoms with Crippen molar-refractivity contribution in [1.29, 1.82) is 0 Å². The lowest BCUT2D eigenvalue weighted by Gasteiger charge is -2.36. The van der Waals surface area contributed by atoms with E-state index in [0.29, 0.717) is 36.8 Å². The minimum Gasteiger partial charge on any atom is -0.508 e. The number of rotatable bonds is 9. The Kier molecular flexibility index (Phi) is 18.2. The van der Waals surface area contributed by atoms with Gasteiger partial charge in [-0.15, -0.1) is 0 Å². The van der Waals surface area contributed by atoms with Gasteiger partial charge in [0.2, 0.25) is 17.7 Å². The highest BCUT2D eigenvalue weighted by Crippen LogP contribution is 2.24. The van der Waals surface area contributed by atoms with Crippen molar-refractivity contribution in [2.45, 2.75) is 110 Å². The zero-order valence-corrected chi connectivity index (χ0v) is 33.3. The fourth-order valence-electron chi connectivity index (χ4n) is 6.51. The average molecular weight is 778 g/mol. The van der Waals surface area contributed by atoms with Gasteiger partial charge in [-0.3, -0.25) is 29.0 Å². The first kappa shape index (κ1) is 45.3. The van der Waals surface area contributed by atoms with Crippen LogP contribution in [0, 0.1) is 17.8 Å². The average Bonchev–Trinajstić information content (AvgIpc) is 3.16. The van der Waals surface area contributed by atoms with E-state index < -0.39 is 71.8 Å². The number of benzene rings is 1. The number of aliphatic hydroxyl groups is 1. The summed E-state index contributed by atoms with van der Waals surface area (Å²) in [5.74, 6) is -4.63. The SMILES string of the molecule is CNC(=O)C=CC=C(C)[C@@H]1CC=CC=CC[C@H](C)[C@@H](O)[C@@H](CCC(C)=O)C(=O)N[C@@H](C(C)C)C(=O)N[C@@H](Cc2cccc(O)c2)C(=O)N2CCCC(N2)C(=O)O1. The van der Waals surface area contributed by atoms with Gasteiger partial charge in [-0.25, -0.2) is 5.43 Å². The van der Waals surface area contributed by atoms with E-state index in [2.05, 4.69) is 21.4 Å². The summed E-state index contributed by atoms with van der Waals surface area (Å²) in [4.78, 5) is 79.5. The number of hydrogen-bond donors (Lipinski definition) is 6. The number of ether oxygens (including phenoxy) is 1. The van der Waals surface area contributed by atoms with Gasteiger partial charge in [0.15, 0.2) is 0 Å². The van der Waals surface area contributed by atoms with E-state index in [4.69, 9.17) is 4.74 Å². The second kappa shape index (κ2) is 22.5. The predicted octanol–water partition coefficient (Wildman–Crippen LogP) is 3.10. The van der Waals surface area contributed by atoms with Crippen LogP contribution in [-0.2, 0) is 39.9 Å². The van der Waals surface area contributed by atoms with Crippen molar-refractivity contribution >= 4 is 35.4 Å². The number of cyclic esters (lactones) is 1. The van der Waals surface area contributed by atoms with E-state index in [9.17, 15) is 39.0 Å². The number of carbonyl (C=O) groups is 6. The molecule has 4 amide bonds. The van der Waals surface area contributed by atoms with Gasteiger partial charge in [0.05, 0.1) is 12.0 Å². The van der Waals surface area contributed by atoms with E-state index >= 15 is 0 Å². The van der Waals surface area contributed by atoms with Gasteiger partial charge in [0, 0.05) is 38.9 Å². The van der Waals surface area contributed by atoms with Crippen molar-refractivity contribution in [3.63, 3.8) is 0 Å². The summed E-state index contributed by atoms with van der Waals surface area (Å²) in [6, 6.07) is 3.13. The van der Waals surface area contributed by atoms with Crippen LogP contribution < -0.4 is 21.4 Å². The zero-order valence-electron chi connectivity index (χ0n) is 33.3. The number of nitrogens with zero attached hydrogens (tertiary/aromatic N) is 1. The highest BCUT2D eigenvalue weighted by molar-refractivity contribution is 5.93. The summed E-state index contributed by atoms with van der Waals surface area (Å²) >= 11 is 0. The lowest BCUT2D eigenvalue weighted by molar-refractivity contribution is -0.156. The molecule has 306 valence electrons. The maximum Gasteiger partial charge on any atom is 0.325 e. The van der Waals surface area contributed by atoms with Gasteiger partial charge in [-0.05, 0) is 74.6 Å². The number of hydrazine groups is 1. The maximum atomic E-state index is 14.3. The molecule has 7 atom stereocenters. The number of fused-ring (bicyclic) bond motifs is 2. The Morgan fingerprint density at radius 2 is 1.77 bits per heavy atom. The van der Waals surface area contributed by atoms with Gasteiger partial charge in [0.1, 0.15) is 35.8 Å². The number of Topliss-reactive ketones (excluding diaryl/α,β-unsaturated/α-hetero) is 1. The topological polar surface area (TPSA) is 203 Å². The van der Waals surface area contributed by atoms with Crippen LogP contribution in [-0.4, -0.2) is 94.5 Å². The summed E-state index contributed by atoms with van der Waals surface area (Å²) in [6.07, 6.45) is 11.7. The van der Waals surface area contributed by atoms with Gasteiger partial charge in [0.25, 0.3) is 5.91 Å². The number of likely N-dealkylation sites (N-methyl/N-ethyl adjacent to an activating group) is 1. The first-order valence-electron chi connectivity index (χ1n) is 19.3. The van der Waals surface area contributed by atoms with Crippen LogP contribution in [0.25, 0.3) is 0 Å². The molecule has 14 nitrogen and oxygen atoms in total. The fraction of sp³-hybridized carbons (Fsp3) is 0.524. The Labute approximate surface area is 329 Å². The van der Waals surface area contributed by atoms with E-state index in [1.165, 1.54) is 37.2 Å². The summed E-state index contributed by atoms with van der Waals surface area (Å²) in [5.41, 5.74) is 4.23. The van der Waals surface area contributed by atoms with Crippen LogP contribution in [0.1, 0.15) is 78.7 Å². The first-order chi connectivity index (χ1) is 26.6. The number of allylic oxidation sites excluding steroid dienone is 5. The number of amides is 4. The molecule has 2 aliphatic rings. The number of phenols is 1. The molecule has 1 aromatic carbocycles. The molecule has 0 saturated carbocycles. The molecule has 6 N–H and O–H groups in total. The van der Waals surface area contributed by atoms with E-state index in [0.717, 1.165) is 0 Å². The van der Waals surface area contributed by atoms with Gasteiger partial charge in [-0.1, -0.05) is 69.4 Å². The van der Waals surface area contributed by atoms with Crippen LogP contribution in [0.4, 0.5) is 0 Å². The molecule has 2 bridgehead atoms. The number of hydrogen-bond acceptors (Lipinski definition) is 10. The predicted molar refractivity (Wildman–Crippen MR) is 211 cm³/mol. The van der Waals surface area contributed by atoms with Crippen molar-refractivity contribution in [3.8, 4) is 5.75 Å². The van der Waals surface area contributed by atoms with Crippen LogP contribution in [0.2, 0.25) is 0 Å².